The van der Waals surface area contributed by atoms with Crippen LogP contribution < -0.4 is 5.11 Å². The molecule has 0 spiro atoms. The summed E-state index contributed by atoms with van der Waals surface area (Å²) in [4.78, 5) is 37.0. The van der Waals surface area contributed by atoms with Gasteiger partial charge in [-0.2, -0.15) is 0 Å². The van der Waals surface area contributed by atoms with E-state index in [1.807, 2.05) is 0 Å². The Morgan fingerprint density at radius 3 is 2.36 bits per heavy atom. The fraction of sp³-hybridized carbons (Fsp3) is 0.190. The van der Waals surface area contributed by atoms with Crippen LogP contribution in [0, 0.1) is 5.82 Å². The lowest BCUT2D eigenvalue weighted by Crippen LogP contribution is -2.32. The van der Waals surface area contributed by atoms with Gasteiger partial charge in [-0.25, -0.2) is 4.39 Å². The molecule has 0 aliphatic carbocycles. The van der Waals surface area contributed by atoms with Gasteiger partial charge in [0.25, 0.3) is 11.7 Å². The highest BCUT2D eigenvalue weighted by Gasteiger charge is 2.46. The fourth-order valence-corrected chi connectivity index (χ4v) is 3.28. The molecule has 0 radical (unpaired) electrons. The van der Waals surface area contributed by atoms with Crippen molar-refractivity contribution in [2.24, 2.45) is 0 Å². The molecule has 1 fully saturated rings. The number of aliphatic hydroxyl groups is 1. The Bertz CT molecular complexity index is 954. The van der Waals surface area contributed by atoms with Gasteiger partial charge in [-0.1, -0.05) is 48.5 Å². The van der Waals surface area contributed by atoms with Crippen LogP contribution >= 0.6 is 0 Å². The third-order valence-corrected chi connectivity index (χ3v) is 4.57. The molecule has 144 valence electrons. The Labute approximate surface area is 160 Å². The van der Waals surface area contributed by atoms with Gasteiger partial charge in [-0.05, 0) is 18.9 Å². The first-order chi connectivity index (χ1) is 13.4. The normalized spacial score (nSPS) is 18.5. The number of amides is 1. The number of carbonyl (C=O) groups is 3. The molecular formula is C21H17FNO5-. The molecule has 2 aromatic rings. The van der Waals surface area contributed by atoms with Gasteiger partial charge in [0.15, 0.2) is 0 Å². The quantitative estimate of drug-likeness (QED) is 0.467. The average Bonchev–Trinajstić information content (AvgIpc) is 2.93. The molecule has 1 saturated heterocycles. The number of halogens is 1. The van der Waals surface area contributed by atoms with E-state index in [1.54, 1.807) is 36.4 Å². The first kappa shape index (κ1) is 19.3. The van der Waals surface area contributed by atoms with E-state index >= 15 is 0 Å². The van der Waals surface area contributed by atoms with Gasteiger partial charge in [0, 0.05) is 23.6 Å². The molecule has 3 rings (SSSR count). The van der Waals surface area contributed by atoms with E-state index < -0.39 is 35.3 Å². The Morgan fingerprint density at radius 1 is 1.07 bits per heavy atom. The lowest BCUT2D eigenvalue weighted by Gasteiger charge is -2.25. The molecule has 7 heteroatoms. The Morgan fingerprint density at radius 2 is 1.71 bits per heavy atom. The largest absolute Gasteiger partial charge is 0.550 e. The van der Waals surface area contributed by atoms with E-state index in [1.165, 1.54) is 18.2 Å². The second kappa shape index (κ2) is 8.04. The summed E-state index contributed by atoms with van der Waals surface area (Å²) < 4.78 is 14.5. The minimum Gasteiger partial charge on any atom is -0.550 e. The molecule has 1 atom stereocenters. The van der Waals surface area contributed by atoms with Gasteiger partial charge in [0.1, 0.15) is 11.6 Å². The van der Waals surface area contributed by atoms with E-state index in [0.717, 1.165) is 4.90 Å². The van der Waals surface area contributed by atoms with Crippen molar-refractivity contribution in [3.05, 3.63) is 77.1 Å². The minimum absolute atomic E-state index is 0.0334. The maximum atomic E-state index is 14.5. The zero-order valence-electron chi connectivity index (χ0n) is 14.8. The number of benzene rings is 2. The summed E-state index contributed by atoms with van der Waals surface area (Å²) in [6.07, 6.45) is -0.280. The topological polar surface area (TPSA) is 97.7 Å². The van der Waals surface area contributed by atoms with E-state index in [9.17, 15) is 29.0 Å². The molecule has 1 amide bonds. The van der Waals surface area contributed by atoms with Crippen molar-refractivity contribution in [1.82, 2.24) is 4.90 Å². The number of carbonyl (C=O) groups excluding carboxylic acids is 3. The van der Waals surface area contributed by atoms with Gasteiger partial charge >= 0.3 is 0 Å². The molecule has 28 heavy (non-hydrogen) atoms. The maximum Gasteiger partial charge on any atom is 0.295 e. The predicted octanol–water partition coefficient (Wildman–Crippen LogP) is 1.78. The number of ketones is 1. The lowest BCUT2D eigenvalue weighted by molar-refractivity contribution is -0.305. The van der Waals surface area contributed by atoms with Crippen molar-refractivity contribution in [3.63, 3.8) is 0 Å². The number of carboxylic acids is 1. The average molecular weight is 382 g/mol. The maximum absolute atomic E-state index is 14.5. The summed E-state index contributed by atoms with van der Waals surface area (Å²) in [5.74, 6) is -4.19. The number of likely N-dealkylation sites (tertiary alicyclic amines) is 1. The van der Waals surface area contributed by atoms with Gasteiger partial charge in [0.2, 0.25) is 0 Å². The van der Waals surface area contributed by atoms with Crippen LogP contribution in [0.5, 0.6) is 0 Å². The third-order valence-electron chi connectivity index (χ3n) is 4.57. The van der Waals surface area contributed by atoms with E-state index in [0.29, 0.717) is 5.56 Å². The van der Waals surface area contributed by atoms with Crippen LogP contribution in [0.3, 0.4) is 0 Å². The van der Waals surface area contributed by atoms with Crippen LogP contribution in [-0.4, -0.2) is 34.2 Å². The zero-order valence-corrected chi connectivity index (χ0v) is 14.8. The Balaban J connectivity index is 2.11. The van der Waals surface area contributed by atoms with Crippen molar-refractivity contribution in [2.75, 3.05) is 6.54 Å². The minimum atomic E-state index is -1.29. The first-order valence-electron chi connectivity index (χ1n) is 8.70. The van der Waals surface area contributed by atoms with Crippen LogP contribution in [0.4, 0.5) is 4.39 Å². The van der Waals surface area contributed by atoms with Gasteiger partial charge in [-0.15, -0.1) is 0 Å². The number of aliphatic hydroxyl groups excluding tert-OH is 1. The summed E-state index contributed by atoms with van der Waals surface area (Å²) >= 11 is 0. The fourth-order valence-electron chi connectivity index (χ4n) is 3.28. The van der Waals surface area contributed by atoms with Crippen molar-refractivity contribution in [3.8, 4) is 0 Å². The van der Waals surface area contributed by atoms with Crippen molar-refractivity contribution < 1.29 is 29.0 Å². The molecule has 2 aromatic carbocycles. The summed E-state index contributed by atoms with van der Waals surface area (Å²) in [5.41, 5.74) is 0.138. The van der Waals surface area contributed by atoms with Crippen LogP contribution in [0.1, 0.15) is 30.0 Å². The van der Waals surface area contributed by atoms with Crippen molar-refractivity contribution in [1.29, 1.82) is 0 Å². The van der Waals surface area contributed by atoms with Crippen LogP contribution in [0.15, 0.2) is 60.2 Å². The second-order valence-corrected chi connectivity index (χ2v) is 6.36. The third kappa shape index (κ3) is 3.64. The van der Waals surface area contributed by atoms with Gasteiger partial charge < -0.3 is 19.9 Å². The van der Waals surface area contributed by atoms with Crippen LogP contribution in [0.2, 0.25) is 0 Å². The predicted molar refractivity (Wildman–Crippen MR) is 96.1 cm³/mol. The number of Topliss-reactive ketones (excluding diaryl/α,β-unsaturated/α-hetero) is 1. The van der Waals surface area contributed by atoms with Crippen LogP contribution in [0.25, 0.3) is 5.76 Å². The first-order valence-corrected chi connectivity index (χ1v) is 8.70. The van der Waals surface area contributed by atoms with E-state index in [-0.39, 0.29) is 30.5 Å². The summed E-state index contributed by atoms with van der Waals surface area (Å²) in [5, 5.41) is 21.4. The SMILES string of the molecule is O=C([O-])CCCN1C(=O)C(=O)C(=C(O)c2ccccc2)[C@H]1c1ccccc1F. The molecule has 1 N–H and O–H groups in total. The summed E-state index contributed by atoms with van der Waals surface area (Å²) in [7, 11) is 0. The number of hydrogen-bond acceptors (Lipinski definition) is 5. The summed E-state index contributed by atoms with van der Waals surface area (Å²) in [6.45, 7) is -0.0941. The second-order valence-electron chi connectivity index (χ2n) is 6.36. The van der Waals surface area contributed by atoms with Gasteiger partial charge in [-0.3, -0.25) is 9.59 Å². The number of nitrogens with zero attached hydrogens (tertiary/aromatic N) is 1. The molecule has 0 saturated carbocycles. The molecule has 0 aromatic heterocycles. The number of aliphatic carboxylic acids is 1. The Hall–Kier alpha value is -3.48. The molecular weight excluding hydrogens is 365 g/mol. The molecule has 6 nitrogen and oxygen atoms in total. The van der Waals surface area contributed by atoms with Crippen LogP contribution in [-0.2, 0) is 14.4 Å². The number of rotatable bonds is 6. The number of carboxylic acid groups (broad SMARTS) is 1. The highest BCUT2D eigenvalue weighted by atomic mass is 19.1. The number of hydrogen-bond donors (Lipinski definition) is 1. The standard InChI is InChI=1S/C21H18FNO5/c22-15-10-5-4-9-14(15)18-17(19(26)13-7-2-1-3-8-13)20(27)21(28)23(18)12-6-11-16(24)25/h1-5,7-10,18,26H,6,11-12H2,(H,24,25)/p-1/t18-/m1/s1. The molecule has 1 heterocycles. The molecule has 0 unspecified atom stereocenters. The summed E-state index contributed by atoms with van der Waals surface area (Å²) in [6, 6.07) is 12.7. The smallest absolute Gasteiger partial charge is 0.295 e. The van der Waals surface area contributed by atoms with Gasteiger partial charge in [0.05, 0.1) is 11.6 Å². The monoisotopic (exact) mass is 382 g/mol. The van der Waals surface area contributed by atoms with Crippen molar-refractivity contribution in [2.45, 2.75) is 18.9 Å². The zero-order chi connectivity index (χ0) is 20.3. The Kier molecular flexibility index (Phi) is 5.54. The van der Waals surface area contributed by atoms with E-state index in [4.69, 9.17) is 0 Å². The highest BCUT2D eigenvalue weighted by molar-refractivity contribution is 6.46. The molecule has 1 aliphatic rings. The van der Waals surface area contributed by atoms with Crippen molar-refractivity contribution >= 4 is 23.4 Å². The van der Waals surface area contributed by atoms with E-state index in [2.05, 4.69) is 0 Å². The highest BCUT2D eigenvalue weighted by Crippen LogP contribution is 2.40. The lowest BCUT2D eigenvalue weighted by atomic mass is 9.95. The molecule has 0 bridgehead atoms. The molecule has 1 aliphatic heterocycles.